The number of carbonyl (C=O) groups excluding carboxylic acids is 1. The van der Waals surface area contributed by atoms with Crippen molar-refractivity contribution in [3.05, 3.63) is 60.9 Å². The molecule has 0 saturated carbocycles. The third-order valence-corrected chi connectivity index (χ3v) is 2.09. The first-order valence-electron chi connectivity index (χ1n) is 5.36. The van der Waals surface area contributed by atoms with Crippen LogP contribution < -0.4 is 5.32 Å². The second kappa shape index (κ2) is 7.84. The fourth-order valence-electron chi connectivity index (χ4n) is 1.26. The van der Waals surface area contributed by atoms with Crippen LogP contribution in [-0.4, -0.2) is 17.0 Å². The molecule has 2 N–H and O–H groups in total. The first-order chi connectivity index (χ1) is 8.47. The van der Waals surface area contributed by atoms with E-state index in [9.17, 15) is 9.59 Å². The van der Waals surface area contributed by atoms with Crippen molar-refractivity contribution in [2.75, 3.05) is 0 Å². The van der Waals surface area contributed by atoms with Crippen molar-refractivity contribution in [1.29, 1.82) is 0 Å². The van der Waals surface area contributed by atoms with E-state index >= 15 is 0 Å². The van der Waals surface area contributed by atoms with E-state index in [1.807, 2.05) is 0 Å². The molecule has 0 aliphatic carbocycles. The summed E-state index contributed by atoms with van der Waals surface area (Å²) < 4.78 is 0. The van der Waals surface area contributed by atoms with Crippen LogP contribution in [0.5, 0.6) is 0 Å². The Bertz CT molecular complexity index is 442. The highest BCUT2D eigenvalue weighted by molar-refractivity contribution is 6.04. The number of nitrogens with one attached hydrogen (secondary N) is 1. The Morgan fingerprint density at radius 3 is 2.33 bits per heavy atom. The molecule has 0 saturated heterocycles. The van der Waals surface area contributed by atoms with Crippen molar-refractivity contribution in [2.45, 2.75) is 13.3 Å². The molecule has 0 aromatic rings. The molecule has 0 radical (unpaired) electrons. The van der Waals surface area contributed by atoms with Gasteiger partial charge < -0.3 is 10.4 Å². The van der Waals surface area contributed by atoms with Crippen molar-refractivity contribution in [3.8, 4) is 0 Å². The van der Waals surface area contributed by atoms with Gasteiger partial charge in [-0.3, -0.25) is 4.79 Å². The lowest BCUT2D eigenvalue weighted by Gasteiger charge is -2.09. The zero-order valence-electron chi connectivity index (χ0n) is 10.4. The third kappa shape index (κ3) is 4.65. The Kier molecular flexibility index (Phi) is 6.81. The Hall–Kier alpha value is -2.36. The van der Waals surface area contributed by atoms with E-state index in [4.69, 9.17) is 5.11 Å². The molecule has 4 heteroatoms. The van der Waals surface area contributed by atoms with Gasteiger partial charge in [0.2, 0.25) is 0 Å². The summed E-state index contributed by atoms with van der Waals surface area (Å²) in [6.45, 7) is 12.2. The summed E-state index contributed by atoms with van der Waals surface area (Å²) in [5, 5.41) is 11.4. The Morgan fingerprint density at radius 2 is 1.94 bits per heavy atom. The zero-order chi connectivity index (χ0) is 14.1. The quantitative estimate of drug-likeness (QED) is 0.536. The topological polar surface area (TPSA) is 66.4 Å². The second-order valence-electron chi connectivity index (χ2n) is 3.33. The summed E-state index contributed by atoms with van der Waals surface area (Å²) in [5.41, 5.74) is 0.417. The monoisotopic (exact) mass is 247 g/mol. The van der Waals surface area contributed by atoms with Gasteiger partial charge in [0.25, 0.3) is 5.91 Å². The van der Waals surface area contributed by atoms with E-state index < -0.39 is 11.9 Å². The minimum absolute atomic E-state index is 0.101. The number of hydrogen-bond acceptors (Lipinski definition) is 2. The van der Waals surface area contributed by atoms with E-state index in [2.05, 4.69) is 25.1 Å². The first kappa shape index (κ1) is 15.6. The van der Waals surface area contributed by atoms with Crippen LogP contribution in [0.3, 0.4) is 0 Å². The molecule has 96 valence electrons. The van der Waals surface area contributed by atoms with Gasteiger partial charge in [-0.2, -0.15) is 0 Å². The number of carboxylic acids is 1. The highest BCUT2D eigenvalue weighted by atomic mass is 16.4. The lowest BCUT2D eigenvalue weighted by atomic mass is 10.0. The normalized spacial score (nSPS) is 11.6. The molecule has 18 heavy (non-hydrogen) atoms. The standard InChI is InChI=1S/C14H17NO3/c1-5-8-9-10(4)15-13(16)11(6-2)12(7-3)14(17)18/h5,7-9H,1,3-4,6H2,2H3,(H,15,16)(H,17,18)/b9-8-,12-11-. The Morgan fingerprint density at radius 1 is 1.33 bits per heavy atom. The third-order valence-electron chi connectivity index (χ3n) is 2.09. The number of hydrogen-bond donors (Lipinski definition) is 2. The van der Waals surface area contributed by atoms with Gasteiger partial charge in [-0.25, -0.2) is 4.79 Å². The maximum Gasteiger partial charge on any atom is 0.336 e. The molecule has 0 fully saturated rings. The number of carboxylic acid groups (broad SMARTS) is 1. The Balaban J connectivity index is 5.10. The van der Waals surface area contributed by atoms with Gasteiger partial charge in [0.05, 0.1) is 5.57 Å². The molecule has 4 nitrogen and oxygen atoms in total. The summed E-state index contributed by atoms with van der Waals surface area (Å²) in [6.07, 6.45) is 6.16. The van der Waals surface area contributed by atoms with Gasteiger partial charge >= 0.3 is 5.97 Å². The van der Waals surface area contributed by atoms with E-state index in [1.54, 1.807) is 25.2 Å². The van der Waals surface area contributed by atoms with Crippen molar-refractivity contribution < 1.29 is 14.7 Å². The van der Waals surface area contributed by atoms with Crippen LogP contribution in [0, 0.1) is 0 Å². The molecular weight excluding hydrogens is 230 g/mol. The van der Waals surface area contributed by atoms with Crippen LogP contribution in [0.1, 0.15) is 13.3 Å². The number of carbonyl (C=O) groups is 2. The second-order valence-corrected chi connectivity index (χ2v) is 3.33. The summed E-state index contributed by atoms with van der Waals surface area (Å²) in [6, 6.07) is 0. The van der Waals surface area contributed by atoms with E-state index in [0.29, 0.717) is 5.70 Å². The zero-order valence-corrected chi connectivity index (χ0v) is 10.4. The van der Waals surface area contributed by atoms with Crippen molar-refractivity contribution in [3.63, 3.8) is 0 Å². The maximum atomic E-state index is 11.9. The fraction of sp³-hybridized carbons (Fsp3) is 0.143. The van der Waals surface area contributed by atoms with Gasteiger partial charge in [0, 0.05) is 11.3 Å². The smallest absolute Gasteiger partial charge is 0.336 e. The van der Waals surface area contributed by atoms with Gasteiger partial charge in [-0.05, 0) is 12.5 Å². The van der Waals surface area contributed by atoms with E-state index in [1.165, 1.54) is 0 Å². The van der Waals surface area contributed by atoms with Crippen LogP contribution in [0.25, 0.3) is 0 Å². The molecule has 0 unspecified atom stereocenters. The molecule has 0 aliphatic heterocycles. The van der Waals surface area contributed by atoms with E-state index in [-0.39, 0.29) is 17.6 Å². The lowest BCUT2D eigenvalue weighted by Crippen LogP contribution is -2.25. The lowest BCUT2D eigenvalue weighted by molar-refractivity contribution is -0.132. The number of aliphatic carboxylic acids is 1. The Labute approximate surface area is 107 Å². The number of allylic oxidation sites excluding steroid dienone is 3. The maximum absolute atomic E-state index is 11.9. The predicted octanol–water partition coefficient (Wildman–Crippen LogP) is 2.34. The van der Waals surface area contributed by atoms with Crippen LogP contribution in [-0.2, 0) is 9.59 Å². The predicted molar refractivity (Wildman–Crippen MR) is 71.8 cm³/mol. The summed E-state index contributed by atoms with van der Waals surface area (Å²) in [7, 11) is 0. The molecule has 0 atom stereocenters. The highest BCUT2D eigenvalue weighted by Crippen LogP contribution is 2.11. The van der Waals surface area contributed by atoms with Gasteiger partial charge in [0.15, 0.2) is 0 Å². The largest absolute Gasteiger partial charge is 0.478 e. The molecule has 0 spiro atoms. The fourth-order valence-corrected chi connectivity index (χ4v) is 1.26. The molecule has 0 aromatic heterocycles. The van der Waals surface area contributed by atoms with Crippen LogP contribution in [0.2, 0.25) is 0 Å². The molecular formula is C14H17NO3. The van der Waals surface area contributed by atoms with Crippen LogP contribution in [0.4, 0.5) is 0 Å². The van der Waals surface area contributed by atoms with Gasteiger partial charge in [-0.15, -0.1) is 0 Å². The van der Waals surface area contributed by atoms with Gasteiger partial charge in [0.1, 0.15) is 0 Å². The number of rotatable bonds is 7. The average Bonchev–Trinajstić information content (AvgIpc) is 2.32. The highest BCUT2D eigenvalue weighted by Gasteiger charge is 2.16. The van der Waals surface area contributed by atoms with E-state index in [0.717, 1.165) is 6.08 Å². The average molecular weight is 247 g/mol. The molecule has 0 bridgehead atoms. The molecule has 0 aliphatic rings. The molecule has 1 amide bonds. The minimum Gasteiger partial charge on any atom is -0.478 e. The van der Waals surface area contributed by atoms with Gasteiger partial charge in [-0.1, -0.05) is 44.9 Å². The number of amides is 1. The summed E-state index contributed by atoms with van der Waals surface area (Å²) in [4.78, 5) is 22.8. The van der Waals surface area contributed by atoms with Crippen molar-refractivity contribution in [1.82, 2.24) is 5.32 Å². The minimum atomic E-state index is -1.18. The van der Waals surface area contributed by atoms with Crippen LogP contribution >= 0.6 is 0 Å². The van der Waals surface area contributed by atoms with Crippen LogP contribution in [0.15, 0.2) is 60.9 Å². The molecule has 0 heterocycles. The molecule has 0 rings (SSSR count). The molecule has 0 aromatic carbocycles. The van der Waals surface area contributed by atoms with Crippen molar-refractivity contribution >= 4 is 11.9 Å². The summed E-state index contributed by atoms with van der Waals surface area (Å²) >= 11 is 0. The van der Waals surface area contributed by atoms with Crippen molar-refractivity contribution in [2.24, 2.45) is 0 Å². The SMILES string of the molecule is C=C/C=C\C(=C)NC(=O)/C(CC)=C(/C=C)C(=O)O. The first-order valence-corrected chi connectivity index (χ1v) is 5.36. The summed E-state index contributed by atoms with van der Waals surface area (Å²) in [5.74, 6) is -1.67.